The van der Waals surface area contributed by atoms with Gasteiger partial charge in [0.1, 0.15) is 5.54 Å². The molecule has 2 heterocycles. The number of amides is 1. The number of piperidine rings is 2. The lowest BCUT2D eigenvalue weighted by Gasteiger charge is -2.40. The highest BCUT2D eigenvalue weighted by Crippen LogP contribution is 2.26. The summed E-state index contributed by atoms with van der Waals surface area (Å²) in [5.41, 5.74) is 6.41. The van der Waals surface area contributed by atoms with Crippen molar-refractivity contribution in [1.29, 1.82) is 0 Å². The molecule has 6 heteroatoms. The van der Waals surface area contributed by atoms with Crippen LogP contribution in [0.3, 0.4) is 0 Å². The molecule has 2 aliphatic heterocycles. The van der Waals surface area contributed by atoms with E-state index in [4.69, 9.17) is 5.73 Å². The first kappa shape index (κ1) is 24.2. The number of nitrogens with two attached hydrogens (primary N) is 1. The Kier molecular flexibility index (Phi) is 9.56. The van der Waals surface area contributed by atoms with Gasteiger partial charge in [-0.15, -0.1) is 24.8 Å². The van der Waals surface area contributed by atoms with Crippen LogP contribution >= 0.6 is 24.8 Å². The summed E-state index contributed by atoms with van der Waals surface area (Å²) in [6, 6.07) is 9.76. The van der Waals surface area contributed by atoms with Gasteiger partial charge >= 0.3 is 0 Å². The van der Waals surface area contributed by atoms with E-state index in [2.05, 4.69) is 11.8 Å². The fourth-order valence-corrected chi connectivity index (χ4v) is 4.24. The number of hydrogen-bond donors (Lipinski definition) is 1. The molecule has 27 heavy (non-hydrogen) atoms. The van der Waals surface area contributed by atoms with Gasteiger partial charge in [-0.3, -0.25) is 4.79 Å². The van der Waals surface area contributed by atoms with E-state index in [1.165, 1.54) is 32.4 Å². The van der Waals surface area contributed by atoms with E-state index in [-0.39, 0.29) is 30.7 Å². The van der Waals surface area contributed by atoms with Crippen LogP contribution < -0.4 is 5.73 Å². The number of halogens is 2. The molecule has 0 aliphatic carbocycles. The zero-order chi connectivity index (χ0) is 17.9. The average molecular weight is 416 g/mol. The molecule has 0 spiro atoms. The number of benzene rings is 1. The second-order valence-corrected chi connectivity index (χ2v) is 8.31. The molecule has 0 saturated carbocycles. The van der Waals surface area contributed by atoms with E-state index in [1.807, 2.05) is 42.2 Å². The first-order chi connectivity index (χ1) is 12.0. The molecule has 2 atom stereocenters. The highest BCUT2D eigenvalue weighted by molar-refractivity contribution is 5.87. The summed E-state index contributed by atoms with van der Waals surface area (Å²) >= 11 is 0. The molecule has 0 radical (unpaired) electrons. The molecule has 0 aromatic heterocycles. The Balaban J connectivity index is 0.00000182. The van der Waals surface area contributed by atoms with Gasteiger partial charge < -0.3 is 15.5 Å². The summed E-state index contributed by atoms with van der Waals surface area (Å²) in [5.74, 6) is 1.51. The number of carbonyl (C=O) groups is 1. The largest absolute Gasteiger partial charge is 0.340 e. The predicted molar refractivity (Wildman–Crippen MR) is 117 cm³/mol. The summed E-state index contributed by atoms with van der Waals surface area (Å²) in [4.78, 5) is 17.7. The van der Waals surface area contributed by atoms with Crippen molar-refractivity contribution in [2.24, 2.45) is 17.6 Å². The lowest BCUT2D eigenvalue weighted by molar-refractivity contribution is -0.138. The molecule has 3 rings (SSSR count). The minimum absolute atomic E-state index is 0. The van der Waals surface area contributed by atoms with Gasteiger partial charge in [-0.05, 0) is 63.1 Å². The summed E-state index contributed by atoms with van der Waals surface area (Å²) in [6.07, 6.45) is 4.93. The van der Waals surface area contributed by atoms with Crippen LogP contribution in [0.4, 0.5) is 0 Å². The maximum absolute atomic E-state index is 13.1. The number of nitrogens with zero attached hydrogens (tertiary/aromatic N) is 2. The molecule has 1 aromatic rings. The third-order valence-electron chi connectivity index (χ3n) is 6.02. The van der Waals surface area contributed by atoms with Crippen LogP contribution in [0.2, 0.25) is 0 Å². The Morgan fingerprint density at radius 3 is 2.37 bits per heavy atom. The van der Waals surface area contributed by atoms with Crippen molar-refractivity contribution in [3.63, 3.8) is 0 Å². The molecule has 2 N–H and O–H groups in total. The molecular formula is C21H35Cl2N3O. The number of hydrogen-bond acceptors (Lipinski definition) is 3. The first-order valence-corrected chi connectivity index (χ1v) is 9.83. The van der Waals surface area contributed by atoms with E-state index >= 15 is 0 Å². The van der Waals surface area contributed by atoms with Crippen molar-refractivity contribution in [3.8, 4) is 0 Å². The lowest BCUT2D eigenvalue weighted by atomic mass is 9.89. The second kappa shape index (κ2) is 10.7. The zero-order valence-electron chi connectivity index (χ0n) is 16.6. The standard InChI is InChI=1S/C21H33N3O.2ClH/c1-17-10-13-23(14-11-17)15-18-7-6-12-24(16-18)20(25)21(2,22)19-8-4-3-5-9-19;;/h3-5,8-9,17-18H,6-7,10-16,22H2,1-2H3;2*1H. The van der Waals surface area contributed by atoms with Gasteiger partial charge in [0, 0.05) is 19.6 Å². The fraction of sp³-hybridized carbons (Fsp3) is 0.667. The maximum atomic E-state index is 13.1. The van der Waals surface area contributed by atoms with Crippen molar-refractivity contribution in [2.45, 2.75) is 45.1 Å². The Morgan fingerprint density at radius 2 is 1.74 bits per heavy atom. The van der Waals surface area contributed by atoms with Crippen LogP contribution in [0.5, 0.6) is 0 Å². The molecule has 2 saturated heterocycles. The highest BCUT2D eigenvalue weighted by atomic mass is 35.5. The molecule has 2 fully saturated rings. The van der Waals surface area contributed by atoms with Gasteiger partial charge in [0.15, 0.2) is 0 Å². The van der Waals surface area contributed by atoms with Crippen LogP contribution in [-0.2, 0) is 10.3 Å². The summed E-state index contributed by atoms with van der Waals surface area (Å²) in [7, 11) is 0. The summed E-state index contributed by atoms with van der Waals surface area (Å²) < 4.78 is 0. The molecule has 2 unspecified atom stereocenters. The van der Waals surface area contributed by atoms with Crippen LogP contribution in [0, 0.1) is 11.8 Å². The first-order valence-electron chi connectivity index (χ1n) is 9.83. The van der Waals surface area contributed by atoms with E-state index in [0.717, 1.165) is 37.5 Å². The molecule has 2 aliphatic rings. The molecule has 1 amide bonds. The normalized spacial score (nSPS) is 23.7. The fourth-order valence-electron chi connectivity index (χ4n) is 4.24. The minimum atomic E-state index is -0.941. The van der Waals surface area contributed by atoms with Gasteiger partial charge in [-0.25, -0.2) is 0 Å². The van der Waals surface area contributed by atoms with Crippen LogP contribution in [0.25, 0.3) is 0 Å². The molecule has 4 nitrogen and oxygen atoms in total. The van der Waals surface area contributed by atoms with Crippen molar-refractivity contribution < 1.29 is 4.79 Å². The highest BCUT2D eigenvalue weighted by Gasteiger charge is 2.36. The molecule has 0 bridgehead atoms. The Morgan fingerprint density at radius 1 is 1.11 bits per heavy atom. The molecule has 1 aromatic carbocycles. The van der Waals surface area contributed by atoms with Crippen molar-refractivity contribution >= 4 is 30.7 Å². The minimum Gasteiger partial charge on any atom is -0.340 e. The van der Waals surface area contributed by atoms with Gasteiger partial charge in [-0.1, -0.05) is 37.3 Å². The monoisotopic (exact) mass is 415 g/mol. The number of carbonyl (C=O) groups excluding carboxylic acids is 1. The lowest BCUT2D eigenvalue weighted by Crippen LogP contribution is -2.54. The van der Waals surface area contributed by atoms with E-state index in [1.54, 1.807) is 0 Å². The van der Waals surface area contributed by atoms with Crippen molar-refractivity contribution in [1.82, 2.24) is 9.80 Å². The van der Waals surface area contributed by atoms with Crippen molar-refractivity contribution in [3.05, 3.63) is 35.9 Å². The quantitative estimate of drug-likeness (QED) is 0.815. The predicted octanol–water partition coefficient (Wildman–Crippen LogP) is 3.67. The maximum Gasteiger partial charge on any atom is 0.246 e. The third-order valence-corrected chi connectivity index (χ3v) is 6.02. The molecule has 154 valence electrons. The smallest absolute Gasteiger partial charge is 0.246 e. The van der Waals surface area contributed by atoms with Gasteiger partial charge in [-0.2, -0.15) is 0 Å². The van der Waals surface area contributed by atoms with Crippen LogP contribution in [0.15, 0.2) is 30.3 Å². The molecular weight excluding hydrogens is 381 g/mol. The van der Waals surface area contributed by atoms with E-state index in [9.17, 15) is 4.79 Å². The SMILES string of the molecule is CC1CCN(CC2CCCN(C(=O)C(C)(N)c3ccccc3)C2)CC1.Cl.Cl. The van der Waals surface area contributed by atoms with Gasteiger partial charge in [0.05, 0.1) is 0 Å². The van der Waals surface area contributed by atoms with Crippen molar-refractivity contribution in [2.75, 3.05) is 32.7 Å². The zero-order valence-corrected chi connectivity index (χ0v) is 18.2. The topological polar surface area (TPSA) is 49.6 Å². The Labute approximate surface area is 176 Å². The number of rotatable bonds is 4. The third kappa shape index (κ3) is 6.08. The van der Waals surface area contributed by atoms with Crippen LogP contribution in [0.1, 0.15) is 45.1 Å². The summed E-state index contributed by atoms with van der Waals surface area (Å²) in [6.45, 7) is 9.44. The summed E-state index contributed by atoms with van der Waals surface area (Å²) in [5, 5.41) is 0. The van der Waals surface area contributed by atoms with E-state index < -0.39 is 5.54 Å². The average Bonchev–Trinajstić information content (AvgIpc) is 2.64. The van der Waals surface area contributed by atoms with Gasteiger partial charge in [0.25, 0.3) is 0 Å². The Hall–Kier alpha value is -0.810. The number of likely N-dealkylation sites (tertiary alicyclic amines) is 2. The van der Waals surface area contributed by atoms with Gasteiger partial charge in [0.2, 0.25) is 5.91 Å². The Bertz CT molecular complexity index is 574. The van der Waals surface area contributed by atoms with E-state index in [0.29, 0.717) is 5.92 Å². The second-order valence-electron chi connectivity index (χ2n) is 8.31. The van der Waals surface area contributed by atoms with Crippen LogP contribution in [-0.4, -0.2) is 48.4 Å².